The molecule has 1 atom stereocenters. The van der Waals surface area contributed by atoms with E-state index in [0.717, 1.165) is 25.2 Å². The summed E-state index contributed by atoms with van der Waals surface area (Å²) in [7, 11) is 0. The highest BCUT2D eigenvalue weighted by Gasteiger charge is 2.23. The van der Waals surface area contributed by atoms with E-state index in [2.05, 4.69) is 35.3 Å². The van der Waals surface area contributed by atoms with Crippen molar-refractivity contribution in [2.24, 2.45) is 0 Å². The third-order valence-corrected chi connectivity index (χ3v) is 4.72. The van der Waals surface area contributed by atoms with Gasteiger partial charge in [0.25, 0.3) is 0 Å². The molecule has 0 aromatic heterocycles. The Balaban J connectivity index is 1.55. The molecule has 1 N–H and O–H groups in total. The van der Waals surface area contributed by atoms with E-state index in [1.54, 1.807) is 11.8 Å². The number of piperazine rings is 1. The molecule has 26 heavy (non-hydrogen) atoms. The zero-order valence-corrected chi connectivity index (χ0v) is 15.0. The van der Waals surface area contributed by atoms with Crippen LogP contribution in [0.15, 0.2) is 42.5 Å². The molecule has 138 valence electrons. The predicted octanol–water partition coefficient (Wildman–Crippen LogP) is 3.87. The van der Waals surface area contributed by atoms with Crippen LogP contribution in [0.3, 0.4) is 0 Å². The molecule has 2 aromatic carbocycles. The highest BCUT2D eigenvalue weighted by atomic mass is 19.2. The van der Waals surface area contributed by atoms with Gasteiger partial charge in [-0.25, -0.2) is 13.6 Å². The third kappa shape index (κ3) is 4.12. The molecule has 4 nitrogen and oxygen atoms in total. The zero-order chi connectivity index (χ0) is 18.7. The summed E-state index contributed by atoms with van der Waals surface area (Å²) >= 11 is 0. The van der Waals surface area contributed by atoms with Crippen LogP contribution in [-0.4, -0.2) is 37.1 Å². The lowest BCUT2D eigenvalue weighted by molar-refractivity contribution is 0.191. The fourth-order valence-corrected chi connectivity index (χ4v) is 3.13. The maximum absolute atomic E-state index is 13.4. The summed E-state index contributed by atoms with van der Waals surface area (Å²) in [5.74, 6) is -1.80. The minimum Gasteiger partial charge on any atom is -0.368 e. The standard InChI is InChI=1S/C20H23F2N3O/c1-14-4-3-5-17(12-14)24-8-10-25(11-9-24)20(26)23-15(2)16-6-7-18(21)19(22)13-16/h3-7,12-13,15H,8-11H2,1-2H3,(H,23,26). The number of carbonyl (C=O) groups is 1. The van der Waals surface area contributed by atoms with Gasteiger partial charge in [-0.1, -0.05) is 18.2 Å². The van der Waals surface area contributed by atoms with E-state index in [9.17, 15) is 13.6 Å². The minimum absolute atomic E-state index is 0.189. The fourth-order valence-electron chi connectivity index (χ4n) is 3.13. The fraction of sp³-hybridized carbons (Fsp3) is 0.350. The second-order valence-corrected chi connectivity index (χ2v) is 6.66. The van der Waals surface area contributed by atoms with Crippen molar-refractivity contribution in [3.8, 4) is 0 Å². The molecule has 1 heterocycles. The van der Waals surface area contributed by atoms with Crippen LogP contribution in [-0.2, 0) is 0 Å². The summed E-state index contributed by atoms with van der Waals surface area (Å²) in [6.07, 6.45) is 0. The van der Waals surface area contributed by atoms with E-state index >= 15 is 0 Å². The van der Waals surface area contributed by atoms with E-state index in [1.807, 2.05) is 6.07 Å². The summed E-state index contributed by atoms with van der Waals surface area (Å²) in [6.45, 7) is 6.57. The second-order valence-electron chi connectivity index (χ2n) is 6.66. The number of rotatable bonds is 3. The van der Waals surface area contributed by atoms with Gasteiger partial charge in [-0.15, -0.1) is 0 Å². The minimum atomic E-state index is -0.907. The Kier molecular flexibility index (Phi) is 5.40. The lowest BCUT2D eigenvalue weighted by Gasteiger charge is -2.36. The van der Waals surface area contributed by atoms with Crippen LogP contribution in [0.5, 0.6) is 0 Å². The molecule has 0 radical (unpaired) electrons. The maximum Gasteiger partial charge on any atom is 0.317 e. The second kappa shape index (κ2) is 7.72. The van der Waals surface area contributed by atoms with E-state index in [-0.39, 0.29) is 6.03 Å². The largest absolute Gasteiger partial charge is 0.368 e. The number of benzene rings is 2. The van der Waals surface area contributed by atoms with Crippen LogP contribution in [0.1, 0.15) is 24.1 Å². The van der Waals surface area contributed by atoms with Crippen LogP contribution in [0, 0.1) is 18.6 Å². The van der Waals surface area contributed by atoms with Crippen LogP contribution in [0.4, 0.5) is 19.3 Å². The average molecular weight is 359 g/mol. The average Bonchev–Trinajstić information content (AvgIpc) is 2.64. The molecule has 1 fully saturated rings. The molecule has 1 aliphatic rings. The van der Waals surface area contributed by atoms with Crippen molar-refractivity contribution >= 4 is 11.7 Å². The highest BCUT2D eigenvalue weighted by molar-refractivity contribution is 5.75. The van der Waals surface area contributed by atoms with Crippen LogP contribution in [0.2, 0.25) is 0 Å². The lowest BCUT2D eigenvalue weighted by Crippen LogP contribution is -2.52. The molecule has 0 bridgehead atoms. The van der Waals surface area contributed by atoms with Crippen molar-refractivity contribution in [2.75, 3.05) is 31.1 Å². The Morgan fingerprint density at radius 3 is 2.42 bits per heavy atom. The predicted molar refractivity (Wildman–Crippen MR) is 98.3 cm³/mol. The normalized spacial score (nSPS) is 15.7. The van der Waals surface area contributed by atoms with Crippen LogP contribution >= 0.6 is 0 Å². The van der Waals surface area contributed by atoms with Gasteiger partial charge in [0.15, 0.2) is 11.6 Å². The van der Waals surface area contributed by atoms with Crippen LogP contribution < -0.4 is 10.2 Å². The first kappa shape index (κ1) is 18.2. The topological polar surface area (TPSA) is 35.6 Å². The number of carbonyl (C=O) groups excluding carboxylic acids is 1. The molecule has 1 unspecified atom stereocenters. The first-order chi connectivity index (χ1) is 12.4. The molecule has 0 spiro atoms. The number of amides is 2. The third-order valence-electron chi connectivity index (χ3n) is 4.72. The lowest BCUT2D eigenvalue weighted by atomic mass is 10.1. The summed E-state index contributed by atoms with van der Waals surface area (Å²) in [6, 6.07) is 11.4. The number of anilines is 1. The Labute approximate surface area is 152 Å². The molecular formula is C20H23F2N3O. The molecule has 6 heteroatoms. The summed E-state index contributed by atoms with van der Waals surface area (Å²) in [5, 5.41) is 2.86. The van der Waals surface area contributed by atoms with Crippen molar-refractivity contribution in [2.45, 2.75) is 19.9 Å². The molecule has 1 aliphatic heterocycles. The van der Waals surface area contributed by atoms with E-state index in [0.29, 0.717) is 18.7 Å². The first-order valence-electron chi connectivity index (χ1n) is 8.76. The molecular weight excluding hydrogens is 336 g/mol. The first-order valence-corrected chi connectivity index (χ1v) is 8.76. The molecule has 1 saturated heterocycles. The van der Waals surface area contributed by atoms with Gasteiger partial charge in [-0.3, -0.25) is 0 Å². The monoisotopic (exact) mass is 359 g/mol. The van der Waals surface area contributed by atoms with E-state index in [4.69, 9.17) is 0 Å². The van der Waals surface area contributed by atoms with Crippen LogP contribution in [0.25, 0.3) is 0 Å². The number of urea groups is 1. The number of halogens is 2. The molecule has 2 amide bonds. The summed E-state index contributed by atoms with van der Waals surface area (Å²) in [4.78, 5) is 16.5. The van der Waals surface area contributed by atoms with Crippen molar-refractivity contribution in [1.29, 1.82) is 0 Å². The van der Waals surface area contributed by atoms with E-state index in [1.165, 1.54) is 17.3 Å². The van der Waals surface area contributed by atoms with E-state index < -0.39 is 17.7 Å². The van der Waals surface area contributed by atoms with Gasteiger partial charge in [0.2, 0.25) is 0 Å². The van der Waals surface area contributed by atoms with Gasteiger partial charge in [0.05, 0.1) is 6.04 Å². The summed E-state index contributed by atoms with van der Waals surface area (Å²) < 4.78 is 26.4. The van der Waals surface area contributed by atoms with Gasteiger partial charge in [0, 0.05) is 31.9 Å². The van der Waals surface area contributed by atoms with Crippen molar-refractivity contribution in [1.82, 2.24) is 10.2 Å². The maximum atomic E-state index is 13.4. The Morgan fingerprint density at radius 1 is 1.04 bits per heavy atom. The molecule has 0 saturated carbocycles. The Hall–Kier alpha value is -2.63. The Morgan fingerprint density at radius 2 is 1.77 bits per heavy atom. The molecule has 3 rings (SSSR count). The zero-order valence-electron chi connectivity index (χ0n) is 15.0. The van der Waals surface area contributed by atoms with Gasteiger partial charge in [-0.2, -0.15) is 0 Å². The van der Waals surface area contributed by atoms with Gasteiger partial charge in [-0.05, 0) is 49.2 Å². The van der Waals surface area contributed by atoms with Crippen molar-refractivity contribution in [3.63, 3.8) is 0 Å². The number of aryl methyl sites for hydroxylation is 1. The van der Waals surface area contributed by atoms with Gasteiger partial charge in [0.1, 0.15) is 0 Å². The Bertz CT molecular complexity index is 788. The SMILES string of the molecule is Cc1cccc(N2CCN(C(=O)NC(C)c3ccc(F)c(F)c3)CC2)c1. The number of nitrogens with one attached hydrogen (secondary N) is 1. The summed E-state index contributed by atoms with van der Waals surface area (Å²) in [5.41, 5.74) is 2.92. The smallest absolute Gasteiger partial charge is 0.317 e. The quantitative estimate of drug-likeness (QED) is 0.903. The number of hydrogen-bond acceptors (Lipinski definition) is 2. The van der Waals surface area contributed by atoms with Crippen molar-refractivity contribution in [3.05, 3.63) is 65.2 Å². The molecule has 0 aliphatic carbocycles. The van der Waals surface area contributed by atoms with Crippen molar-refractivity contribution < 1.29 is 13.6 Å². The highest BCUT2D eigenvalue weighted by Crippen LogP contribution is 2.19. The number of hydrogen-bond donors (Lipinski definition) is 1. The van der Waals surface area contributed by atoms with Gasteiger partial charge >= 0.3 is 6.03 Å². The number of nitrogens with zero attached hydrogens (tertiary/aromatic N) is 2. The van der Waals surface area contributed by atoms with Gasteiger partial charge < -0.3 is 15.1 Å². The molecule has 2 aromatic rings.